The van der Waals surface area contributed by atoms with Gasteiger partial charge in [0.2, 0.25) is 0 Å². The average molecular weight is 289 g/mol. The molecule has 0 aromatic carbocycles. The lowest BCUT2D eigenvalue weighted by Gasteiger charge is -2.35. The lowest BCUT2D eigenvalue weighted by molar-refractivity contribution is 0.0376. The highest BCUT2D eigenvalue weighted by Gasteiger charge is 2.29. The van der Waals surface area contributed by atoms with Crippen LogP contribution >= 0.6 is 0 Å². The molecule has 0 aliphatic heterocycles. The van der Waals surface area contributed by atoms with Crippen LogP contribution in [0.2, 0.25) is 0 Å². The number of imidazole rings is 1. The second kappa shape index (κ2) is 6.39. The molecule has 0 saturated heterocycles. The highest BCUT2D eigenvalue weighted by Crippen LogP contribution is 2.35. The fourth-order valence-corrected chi connectivity index (χ4v) is 2.97. The molecule has 6 nitrogen and oxygen atoms in total. The lowest BCUT2D eigenvalue weighted by atomic mass is 9.75. The molecule has 0 radical (unpaired) electrons. The molecule has 1 fully saturated rings. The minimum absolute atomic E-state index is 0.453. The number of nitrogens with two attached hydrogens (primary N) is 1. The van der Waals surface area contributed by atoms with E-state index in [0.717, 1.165) is 37.7 Å². The van der Waals surface area contributed by atoms with Crippen LogP contribution in [-0.4, -0.2) is 32.7 Å². The summed E-state index contributed by atoms with van der Waals surface area (Å²) in [4.78, 5) is 12.6. The first-order valence-electron chi connectivity index (χ1n) is 7.77. The van der Waals surface area contributed by atoms with Crippen molar-refractivity contribution >= 4 is 17.0 Å². The van der Waals surface area contributed by atoms with E-state index < -0.39 is 0 Å². The number of hydrogen-bond donors (Lipinski definition) is 1. The molecular formula is C15H23N5O. The quantitative estimate of drug-likeness (QED) is 0.791. The molecule has 114 valence electrons. The molecule has 2 heterocycles. The third kappa shape index (κ3) is 3.15. The molecule has 0 unspecified atom stereocenters. The van der Waals surface area contributed by atoms with Crippen LogP contribution < -0.4 is 5.73 Å². The normalized spacial score (nSPS) is 21.6. The SMILES string of the molecule is CCCCOC[C@H]1C[C@@H](Cn2cnc3c(N)ncnc32)C1. The van der Waals surface area contributed by atoms with E-state index in [0.29, 0.717) is 17.3 Å². The van der Waals surface area contributed by atoms with Gasteiger partial charge in [0, 0.05) is 19.8 Å². The van der Waals surface area contributed by atoms with E-state index in [-0.39, 0.29) is 0 Å². The van der Waals surface area contributed by atoms with E-state index in [2.05, 4.69) is 26.4 Å². The Morgan fingerprint density at radius 3 is 2.95 bits per heavy atom. The molecule has 3 rings (SSSR count). The van der Waals surface area contributed by atoms with Gasteiger partial charge in [-0.1, -0.05) is 13.3 Å². The number of unbranched alkanes of at least 4 members (excludes halogenated alkanes) is 1. The number of rotatable bonds is 7. The van der Waals surface area contributed by atoms with E-state index in [9.17, 15) is 0 Å². The van der Waals surface area contributed by atoms with Crippen LogP contribution in [0.3, 0.4) is 0 Å². The van der Waals surface area contributed by atoms with Crippen molar-refractivity contribution < 1.29 is 4.74 Å². The zero-order valence-corrected chi connectivity index (χ0v) is 12.5. The smallest absolute Gasteiger partial charge is 0.165 e. The summed E-state index contributed by atoms with van der Waals surface area (Å²) in [6.45, 7) is 4.96. The highest BCUT2D eigenvalue weighted by atomic mass is 16.5. The van der Waals surface area contributed by atoms with Gasteiger partial charge in [-0.25, -0.2) is 15.0 Å². The number of fused-ring (bicyclic) bond motifs is 1. The first kappa shape index (κ1) is 14.3. The summed E-state index contributed by atoms with van der Waals surface area (Å²) in [7, 11) is 0. The first-order valence-corrected chi connectivity index (χ1v) is 7.77. The molecule has 2 N–H and O–H groups in total. The summed E-state index contributed by atoms with van der Waals surface area (Å²) < 4.78 is 7.78. The summed E-state index contributed by atoms with van der Waals surface area (Å²) >= 11 is 0. The monoisotopic (exact) mass is 289 g/mol. The van der Waals surface area contributed by atoms with Crippen LogP contribution in [0.5, 0.6) is 0 Å². The Morgan fingerprint density at radius 1 is 1.29 bits per heavy atom. The molecule has 1 aliphatic carbocycles. The van der Waals surface area contributed by atoms with Crippen molar-refractivity contribution in [2.24, 2.45) is 11.8 Å². The van der Waals surface area contributed by atoms with E-state index in [4.69, 9.17) is 10.5 Å². The Balaban J connectivity index is 1.49. The van der Waals surface area contributed by atoms with Crippen LogP contribution in [0.25, 0.3) is 11.2 Å². The topological polar surface area (TPSA) is 78.9 Å². The Bertz CT molecular complexity index is 591. The molecule has 0 atom stereocenters. The van der Waals surface area contributed by atoms with Gasteiger partial charge in [-0.05, 0) is 31.1 Å². The van der Waals surface area contributed by atoms with Gasteiger partial charge in [0.05, 0.1) is 6.33 Å². The number of nitrogen functional groups attached to an aromatic ring is 1. The van der Waals surface area contributed by atoms with E-state index in [1.807, 2.05) is 6.33 Å². The standard InChI is InChI=1S/C15H23N5O/c1-2-3-4-21-8-12-5-11(6-12)7-20-10-19-13-14(16)17-9-18-15(13)20/h9-12H,2-8H2,1H3,(H2,16,17,18)/t11-,12+. The largest absolute Gasteiger partial charge is 0.382 e. The van der Waals surface area contributed by atoms with Crippen molar-refractivity contribution in [3.8, 4) is 0 Å². The van der Waals surface area contributed by atoms with E-state index in [1.54, 1.807) is 0 Å². The maximum Gasteiger partial charge on any atom is 0.165 e. The van der Waals surface area contributed by atoms with Crippen molar-refractivity contribution in [3.63, 3.8) is 0 Å². The second-order valence-electron chi connectivity index (χ2n) is 5.96. The van der Waals surface area contributed by atoms with Gasteiger partial charge < -0.3 is 15.0 Å². The third-order valence-electron chi connectivity index (χ3n) is 4.21. The summed E-state index contributed by atoms with van der Waals surface area (Å²) in [6, 6.07) is 0. The number of ether oxygens (including phenoxy) is 1. The summed E-state index contributed by atoms with van der Waals surface area (Å²) in [5.74, 6) is 1.87. The molecule has 1 saturated carbocycles. The van der Waals surface area contributed by atoms with Crippen molar-refractivity contribution in [2.75, 3.05) is 18.9 Å². The maximum absolute atomic E-state index is 5.80. The lowest BCUT2D eigenvalue weighted by Crippen LogP contribution is -2.30. The van der Waals surface area contributed by atoms with Gasteiger partial charge in [-0.3, -0.25) is 0 Å². The molecular weight excluding hydrogens is 266 g/mol. The molecule has 2 aromatic rings. The predicted molar refractivity (Wildman–Crippen MR) is 81.7 cm³/mol. The van der Waals surface area contributed by atoms with Crippen LogP contribution in [-0.2, 0) is 11.3 Å². The summed E-state index contributed by atoms with van der Waals surface area (Å²) in [5, 5.41) is 0. The molecule has 0 amide bonds. The Morgan fingerprint density at radius 2 is 2.14 bits per heavy atom. The summed E-state index contributed by atoms with van der Waals surface area (Å²) in [5.41, 5.74) is 7.35. The highest BCUT2D eigenvalue weighted by molar-refractivity contribution is 5.81. The fourth-order valence-electron chi connectivity index (χ4n) is 2.97. The number of anilines is 1. The van der Waals surface area contributed by atoms with Crippen molar-refractivity contribution in [2.45, 2.75) is 39.2 Å². The van der Waals surface area contributed by atoms with Gasteiger partial charge in [0.25, 0.3) is 0 Å². The van der Waals surface area contributed by atoms with Gasteiger partial charge in [0.1, 0.15) is 11.8 Å². The fraction of sp³-hybridized carbons (Fsp3) is 0.667. The minimum Gasteiger partial charge on any atom is -0.382 e. The number of nitrogens with zero attached hydrogens (tertiary/aromatic N) is 4. The van der Waals surface area contributed by atoms with E-state index >= 15 is 0 Å². The van der Waals surface area contributed by atoms with Crippen molar-refractivity contribution in [1.82, 2.24) is 19.5 Å². The Kier molecular flexibility index (Phi) is 4.34. The molecule has 6 heteroatoms. The summed E-state index contributed by atoms with van der Waals surface area (Å²) in [6.07, 6.45) is 8.14. The van der Waals surface area contributed by atoms with Crippen molar-refractivity contribution in [3.05, 3.63) is 12.7 Å². The minimum atomic E-state index is 0.453. The Labute approximate surface area is 124 Å². The molecule has 21 heavy (non-hydrogen) atoms. The van der Waals surface area contributed by atoms with Crippen LogP contribution in [0.1, 0.15) is 32.6 Å². The van der Waals surface area contributed by atoms with Crippen molar-refractivity contribution in [1.29, 1.82) is 0 Å². The van der Waals surface area contributed by atoms with Gasteiger partial charge in [-0.2, -0.15) is 0 Å². The molecule has 2 aromatic heterocycles. The molecule has 1 aliphatic rings. The maximum atomic E-state index is 5.80. The Hall–Kier alpha value is -1.69. The average Bonchev–Trinajstić information content (AvgIpc) is 2.85. The zero-order valence-electron chi connectivity index (χ0n) is 12.5. The zero-order chi connectivity index (χ0) is 14.7. The third-order valence-corrected chi connectivity index (χ3v) is 4.21. The van der Waals surface area contributed by atoms with Gasteiger partial charge in [0.15, 0.2) is 11.5 Å². The molecule has 0 spiro atoms. The number of aromatic nitrogens is 4. The van der Waals surface area contributed by atoms with Crippen LogP contribution in [0, 0.1) is 11.8 Å². The van der Waals surface area contributed by atoms with Crippen LogP contribution in [0.4, 0.5) is 5.82 Å². The molecule has 0 bridgehead atoms. The van der Waals surface area contributed by atoms with Gasteiger partial charge in [-0.15, -0.1) is 0 Å². The van der Waals surface area contributed by atoms with Gasteiger partial charge >= 0.3 is 0 Å². The van der Waals surface area contributed by atoms with Crippen LogP contribution in [0.15, 0.2) is 12.7 Å². The van der Waals surface area contributed by atoms with E-state index in [1.165, 1.54) is 25.6 Å². The number of hydrogen-bond acceptors (Lipinski definition) is 5. The first-order chi connectivity index (χ1) is 10.3. The predicted octanol–water partition coefficient (Wildman–Crippen LogP) is 2.25. The second-order valence-corrected chi connectivity index (χ2v) is 5.96.